The van der Waals surface area contributed by atoms with Crippen molar-refractivity contribution in [3.05, 3.63) is 12.7 Å². The summed E-state index contributed by atoms with van der Waals surface area (Å²) >= 11 is 0. The van der Waals surface area contributed by atoms with E-state index in [-0.39, 0.29) is 0 Å². The van der Waals surface area contributed by atoms with Crippen molar-refractivity contribution in [3.63, 3.8) is 0 Å². The van der Waals surface area contributed by atoms with Gasteiger partial charge in [0.2, 0.25) is 0 Å². The van der Waals surface area contributed by atoms with Crippen molar-refractivity contribution in [1.82, 2.24) is 4.90 Å². The smallest absolute Gasteiger partial charge is 0.0679 e. The van der Waals surface area contributed by atoms with Crippen LogP contribution in [0.2, 0.25) is 0 Å². The van der Waals surface area contributed by atoms with Crippen molar-refractivity contribution < 1.29 is 9.84 Å². The summed E-state index contributed by atoms with van der Waals surface area (Å²) in [6.45, 7) is 5.33. The van der Waals surface area contributed by atoms with Crippen molar-refractivity contribution >= 4 is 0 Å². The molecule has 0 saturated carbocycles. The van der Waals surface area contributed by atoms with Crippen LogP contribution in [0.5, 0.6) is 0 Å². The minimum Gasteiger partial charge on any atom is -0.390 e. The summed E-state index contributed by atoms with van der Waals surface area (Å²) in [6.07, 6.45) is 12.1. The van der Waals surface area contributed by atoms with Crippen LogP contribution in [0.15, 0.2) is 12.7 Å². The van der Waals surface area contributed by atoms with Gasteiger partial charge in [-0.05, 0) is 39.2 Å². The van der Waals surface area contributed by atoms with Crippen LogP contribution in [-0.2, 0) is 4.74 Å². The molecule has 116 valence electrons. The molecule has 0 aliphatic carbocycles. The summed E-state index contributed by atoms with van der Waals surface area (Å²) in [4.78, 5) is 2.41. The van der Waals surface area contributed by atoms with E-state index >= 15 is 0 Å². The molecule has 2 heterocycles. The highest BCUT2D eigenvalue weighted by Crippen LogP contribution is 2.36. The van der Waals surface area contributed by atoms with E-state index in [2.05, 4.69) is 18.5 Å². The van der Waals surface area contributed by atoms with E-state index in [0.717, 1.165) is 45.3 Å². The first kappa shape index (κ1) is 16.0. The van der Waals surface area contributed by atoms with Crippen LogP contribution in [0.3, 0.4) is 0 Å². The molecule has 0 radical (unpaired) electrons. The normalized spacial score (nSPS) is 34.1. The molecule has 2 rings (SSSR count). The molecule has 0 aromatic carbocycles. The number of unbranched alkanes of at least 4 members (excludes halogenated alkanes) is 5. The lowest BCUT2D eigenvalue weighted by Gasteiger charge is -2.50. The molecule has 0 spiro atoms. The van der Waals surface area contributed by atoms with Crippen LogP contribution >= 0.6 is 0 Å². The molecule has 3 nitrogen and oxygen atoms in total. The first-order valence-electron chi connectivity index (χ1n) is 8.27. The van der Waals surface area contributed by atoms with Crippen molar-refractivity contribution in [1.29, 1.82) is 0 Å². The molecule has 2 fully saturated rings. The molecule has 2 atom stereocenters. The molecule has 2 bridgehead atoms. The van der Waals surface area contributed by atoms with Crippen LogP contribution in [0.4, 0.5) is 0 Å². The molecular weight excluding hydrogens is 250 g/mol. The van der Waals surface area contributed by atoms with Gasteiger partial charge in [0.15, 0.2) is 0 Å². The Kier molecular flexibility index (Phi) is 6.06. The van der Waals surface area contributed by atoms with Gasteiger partial charge in [-0.2, -0.15) is 0 Å². The van der Waals surface area contributed by atoms with Gasteiger partial charge in [0, 0.05) is 12.1 Å². The van der Waals surface area contributed by atoms with E-state index in [1.54, 1.807) is 0 Å². The lowest BCUT2D eigenvalue weighted by molar-refractivity contribution is -0.137. The van der Waals surface area contributed by atoms with Crippen LogP contribution in [0.25, 0.3) is 0 Å². The SMILES string of the molecule is C=CCCCCCCCC1(O)CC2COCC(C1)N2C. The number of hydrogen-bond donors (Lipinski definition) is 1. The number of allylic oxidation sites excluding steroid dienone is 1. The number of fused-ring (bicyclic) bond motifs is 2. The van der Waals surface area contributed by atoms with Crippen LogP contribution in [0, 0.1) is 0 Å². The molecule has 3 heteroatoms. The second-order valence-electron chi connectivity index (χ2n) is 6.74. The first-order chi connectivity index (χ1) is 9.64. The van der Waals surface area contributed by atoms with Gasteiger partial charge in [-0.15, -0.1) is 6.58 Å². The molecule has 2 saturated heterocycles. The summed E-state index contributed by atoms with van der Waals surface area (Å²) in [5, 5.41) is 10.8. The van der Waals surface area contributed by atoms with Gasteiger partial charge in [0.05, 0.1) is 18.8 Å². The van der Waals surface area contributed by atoms with E-state index in [0.29, 0.717) is 12.1 Å². The molecule has 2 aliphatic rings. The standard InChI is InChI=1S/C17H31NO2/c1-3-4-5-6-7-8-9-10-17(19)11-15-13-20-14-16(12-17)18(15)2/h3,15-16,19H,1,4-14H2,2H3. The van der Waals surface area contributed by atoms with Crippen molar-refractivity contribution in [3.8, 4) is 0 Å². The Bertz CT molecular complexity index is 291. The van der Waals surface area contributed by atoms with Gasteiger partial charge in [0.1, 0.15) is 0 Å². The Labute approximate surface area is 124 Å². The molecule has 20 heavy (non-hydrogen) atoms. The number of piperidine rings is 1. The lowest BCUT2D eigenvalue weighted by atomic mass is 9.78. The Morgan fingerprint density at radius 3 is 2.40 bits per heavy atom. The summed E-state index contributed by atoms with van der Waals surface area (Å²) in [5.41, 5.74) is -0.438. The third kappa shape index (κ3) is 4.31. The van der Waals surface area contributed by atoms with Gasteiger partial charge >= 0.3 is 0 Å². The first-order valence-corrected chi connectivity index (χ1v) is 8.27. The Morgan fingerprint density at radius 1 is 1.15 bits per heavy atom. The van der Waals surface area contributed by atoms with E-state index in [9.17, 15) is 5.11 Å². The summed E-state index contributed by atoms with van der Waals surface area (Å²) < 4.78 is 5.62. The number of rotatable bonds is 8. The number of nitrogens with zero attached hydrogens (tertiary/aromatic N) is 1. The molecule has 2 aliphatic heterocycles. The van der Waals surface area contributed by atoms with Crippen molar-refractivity contribution in [2.75, 3.05) is 20.3 Å². The molecule has 0 aromatic rings. The maximum atomic E-state index is 10.8. The highest BCUT2D eigenvalue weighted by Gasteiger charge is 2.43. The zero-order valence-corrected chi connectivity index (χ0v) is 13.0. The van der Waals surface area contributed by atoms with Gasteiger partial charge in [0.25, 0.3) is 0 Å². The summed E-state index contributed by atoms with van der Waals surface area (Å²) in [6, 6.07) is 0.834. The molecule has 0 amide bonds. The highest BCUT2D eigenvalue weighted by atomic mass is 16.5. The largest absolute Gasteiger partial charge is 0.390 e. The van der Waals surface area contributed by atoms with Gasteiger partial charge in [-0.25, -0.2) is 0 Å². The van der Waals surface area contributed by atoms with Crippen molar-refractivity contribution in [2.45, 2.75) is 75.5 Å². The molecule has 2 unspecified atom stereocenters. The van der Waals surface area contributed by atoms with E-state index in [4.69, 9.17) is 4.74 Å². The van der Waals surface area contributed by atoms with E-state index in [1.807, 2.05) is 6.08 Å². The van der Waals surface area contributed by atoms with Crippen molar-refractivity contribution in [2.24, 2.45) is 0 Å². The van der Waals surface area contributed by atoms with E-state index < -0.39 is 5.60 Å². The maximum absolute atomic E-state index is 10.8. The maximum Gasteiger partial charge on any atom is 0.0679 e. The molecule has 1 N–H and O–H groups in total. The fourth-order valence-corrected chi connectivity index (χ4v) is 3.72. The van der Waals surface area contributed by atoms with Crippen LogP contribution in [-0.4, -0.2) is 48.0 Å². The average Bonchev–Trinajstić information content (AvgIpc) is 2.40. The Balaban J connectivity index is 1.66. The number of likely N-dealkylation sites (N-methyl/N-ethyl adjacent to an activating group) is 1. The number of hydrogen-bond acceptors (Lipinski definition) is 3. The minimum atomic E-state index is -0.438. The third-order valence-electron chi connectivity index (χ3n) is 5.05. The van der Waals surface area contributed by atoms with E-state index in [1.165, 1.54) is 25.7 Å². The number of aliphatic hydroxyl groups is 1. The zero-order valence-electron chi connectivity index (χ0n) is 13.0. The summed E-state index contributed by atoms with van der Waals surface area (Å²) in [7, 11) is 2.18. The lowest BCUT2D eigenvalue weighted by Crippen LogP contribution is -2.60. The zero-order chi connectivity index (χ0) is 14.4. The summed E-state index contributed by atoms with van der Waals surface area (Å²) in [5.74, 6) is 0. The average molecular weight is 281 g/mol. The van der Waals surface area contributed by atoms with Gasteiger partial charge < -0.3 is 9.84 Å². The minimum absolute atomic E-state index is 0.417. The second-order valence-corrected chi connectivity index (χ2v) is 6.74. The third-order valence-corrected chi connectivity index (χ3v) is 5.05. The molecular formula is C17H31NO2. The molecule has 0 aromatic heterocycles. The predicted molar refractivity (Wildman–Crippen MR) is 82.9 cm³/mol. The Morgan fingerprint density at radius 2 is 1.75 bits per heavy atom. The Hall–Kier alpha value is -0.380. The number of ether oxygens (including phenoxy) is 1. The predicted octanol–water partition coefficient (Wildman–Crippen LogP) is 3.13. The quantitative estimate of drug-likeness (QED) is 0.548. The van der Waals surface area contributed by atoms with Crippen LogP contribution < -0.4 is 0 Å². The highest BCUT2D eigenvalue weighted by molar-refractivity contribution is 4.97. The fourth-order valence-electron chi connectivity index (χ4n) is 3.72. The number of morpholine rings is 1. The monoisotopic (exact) mass is 281 g/mol. The van der Waals surface area contributed by atoms with Gasteiger partial charge in [-0.1, -0.05) is 31.8 Å². The van der Waals surface area contributed by atoms with Gasteiger partial charge in [-0.3, -0.25) is 4.90 Å². The topological polar surface area (TPSA) is 32.7 Å². The fraction of sp³-hybridized carbons (Fsp3) is 0.882. The van der Waals surface area contributed by atoms with Crippen LogP contribution in [0.1, 0.15) is 57.8 Å². The second kappa shape index (κ2) is 7.58.